The molecule has 0 radical (unpaired) electrons. The maximum atomic E-state index is 10.8. The first-order chi connectivity index (χ1) is 8.29. The van der Waals surface area contributed by atoms with Crippen LogP contribution in [-0.4, -0.2) is 11.2 Å². The summed E-state index contributed by atoms with van der Waals surface area (Å²) in [4.78, 5) is 0. The third-order valence-corrected chi connectivity index (χ3v) is 6.16. The first-order valence-corrected chi connectivity index (χ1v) is 7.97. The van der Waals surface area contributed by atoms with Crippen LogP contribution in [0.5, 0.6) is 0 Å². The zero-order valence-corrected chi connectivity index (χ0v) is 11.3. The molecule has 3 aliphatic rings. The Morgan fingerprint density at radius 3 is 2.47 bits per heavy atom. The van der Waals surface area contributed by atoms with E-state index in [2.05, 4.69) is 6.92 Å². The smallest absolute Gasteiger partial charge is 0.0601 e. The lowest BCUT2D eigenvalue weighted by Gasteiger charge is -2.39. The highest BCUT2D eigenvalue weighted by atomic mass is 16.3. The van der Waals surface area contributed by atoms with Crippen LogP contribution in [0.15, 0.2) is 0 Å². The molecule has 0 aromatic rings. The van der Waals surface area contributed by atoms with Crippen molar-refractivity contribution < 1.29 is 5.11 Å². The molecular formula is C16H28O. The Hall–Kier alpha value is -0.0400. The van der Waals surface area contributed by atoms with Crippen molar-refractivity contribution in [3.63, 3.8) is 0 Å². The van der Waals surface area contributed by atoms with Crippen LogP contribution in [0.4, 0.5) is 0 Å². The molecule has 6 atom stereocenters. The van der Waals surface area contributed by atoms with Crippen molar-refractivity contribution in [2.45, 2.75) is 70.8 Å². The summed E-state index contributed by atoms with van der Waals surface area (Å²) in [6.07, 6.45) is 12.4. The lowest BCUT2D eigenvalue weighted by molar-refractivity contribution is -0.0145. The van der Waals surface area contributed by atoms with Gasteiger partial charge in [-0.2, -0.15) is 0 Å². The van der Waals surface area contributed by atoms with Gasteiger partial charge in [0.25, 0.3) is 0 Å². The van der Waals surface area contributed by atoms with Crippen molar-refractivity contribution in [3.8, 4) is 0 Å². The second-order valence-corrected chi connectivity index (χ2v) is 6.95. The molecular weight excluding hydrogens is 208 g/mol. The average Bonchev–Trinajstić information content (AvgIpc) is 3.00. The molecule has 17 heavy (non-hydrogen) atoms. The predicted octanol–water partition coefficient (Wildman–Crippen LogP) is 4.00. The largest absolute Gasteiger partial charge is 0.393 e. The number of aliphatic hydroxyl groups excluding tert-OH is 1. The molecule has 3 saturated carbocycles. The van der Waals surface area contributed by atoms with E-state index in [1.165, 1.54) is 57.8 Å². The van der Waals surface area contributed by atoms with Gasteiger partial charge in [-0.25, -0.2) is 0 Å². The summed E-state index contributed by atoms with van der Waals surface area (Å²) in [5.41, 5.74) is 0. The van der Waals surface area contributed by atoms with Gasteiger partial charge < -0.3 is 5.11 Å². The fourth-order valence-corrected chi connectivity index (χ4v) is 5.22. The molecule has 98 valence electrons. The maximum Gasteiger partial charge on any atom is 0.0601 e. The first kappa shape index (κ1) is 12.0. The zero-order valence-electron chi connectivity index (χ0n) is 11.3. The summed E-state index contributed by atoms with van der Waals surface area (Å²) in [6.45, 7) is 2.32. The fourth-order valence-electron chi connectivity index (χ4n) is 5.22. The maximum absolute atomic E-state index is 10.8. The molecule has 0 aliphatic heterocycles. The minimum absolute atomic E-state index is 0.0375. The SMILES string of the molecule is CCC1CCCCC1C(O)C1CC2CCC1C2. The van der Waals surface area contributed by atoms with Crippen LogP contribution in [0.2, 0.25) is 0 Å². The molecule has 0 aromatic heterocycles. The predicted molar refractivity (Wildman–Crippen MR) is 70.7 cm³/mol. The molecule has 3 fully saturated rings. The molecule has 6 unspecified atom stereocenters. The van der Waals surface area contributed by atoms with Crippen LogP contribution < -0.4 is 0 Å². The molecule has 0 heterocycles. The highest BCUT2D eigenvalue weighted by molar-refractivity contribution is 4.96. The van der Waals surface area contributed by atoms with Crippen LogP contribution in [0.3, 0.4) is 0 Å². The molecule has 1 heteroatoms. The normalized spacial score (nSPS) is 47.3. The van der Waals surface area contributed by atoms with Gasteiger partial charge in [0.2, 0.25) is 0 Å². The van der Waals surface area contributed by atoms with Crippen LogP contribution in [0, 0.1) is 29.6 Å². The van der Waals surface area contributed by atoms with Gasteiger partial charge in [-0.3, -0.25) is 0 Å². The fraction of sp³-hybridized carbons (Fsp3) is 1.00. The molecule has 1 nitrogen and oxygen atoms in total. The summed E-state index contributed by atoms with van der Waals surface area (Å²) in [6, 6.07) is 0. The van der Waals surface area contributed by atoms with Gasteiger partial charge in [-0.1, -0.05) is 39.0 Å². The van der Waals surface area contributed by atoms with Gasteiger partial charge in [0.1, 0.15) is 0 Å². The number of hydrogen-bond donors (Lipinski definition) is 1. The third-order valence-electron chi connectivity index (χ3n) is 6.16. The van der Waals surface area contributed by atoms with E-state index in [-0.39, 0.29) is 6.10 Å². The lowest BCUT2D eigenvalue weighted by Crippen LogP contribution is -2.38. The monoisotopic (exact) mass is 236 g/mol. The second-order valence-electron chi connectivity index (χ2n) is 6.95. The molecule has 2 bridgehead atoms. The van der Waals surface area contributed by atoms with Crippen LogP contribution in [0.25, 0.3) is 0 Å². The Morgan fingerprint density at radius 2 is 1.82 bits per heavy atom. The van der Waals surface area contributed by atoms with E-state index >= 15 is 0 Å². The van der Waals surface area contributed by atoms with Crippen LogP contribution in [-0.2, 0) is 0 Å². The van der Waals surface area contributed by atoms with Crippen LogP contribution >= 0.6 is 0 Å². The summed E-state index contributed by atoms with van der Waals surface area (Å²) in [5, 5.41) is 10.8. The number of hydrogen-bond acceptors (Lipinski definition) is 1. The second kappa shape index (κ2) is 4.91. The van der Waals surface area contributed by atoms with E-state index in [0.29, 0.717) is 11.8 Å². The molecule has 0 saturated heterocycles. The van der Waals surface area contributed by atoms with Gasteiger partial charge in [-0.15, -0.1) is 0 Å². The zero-order chi connectivity index (χ0) is 11.8. The highest BCUT2D eigenvalue weighted by Crippen LogP contribution is 2.52. The van der Waals surface area contributed by atoms with E-state index in [1.807, 2.05) is 0 Å². The van der Waals surface area contributed by atoms with Crippen molar-refractivity contribution >= 4 is 0 Å². The third kappa shape index (κ3) is 2.16. The lowest BCUT2D eigenvalue weighted by atomic mass is 9.69. The molecule has 3 aliphatic carbocycles. The Labute approximate surface area is 106 Å². The van der Waals surface area contributed by atoms with Gasteiger partial charge in [-0.05, 0) is 55.3 Å². The molecule has 0 amide bonds. The Morgan fingerprint density at radius 1 is 1.00 bits per heavy atom. The molecule has 0 spiro atoms. The summed E-state index contributed by atoms with van der Waals surface area (Å²) in [5.74, 6) is 3.99. The topological polar surface area (TPSA) is 20.2 Å². The average molecular weight is 236 g/mol. The molecule has 0 aromatic carbocycles. The first-order valence-electron chi connectivity index (χ1n) is 7.97. The summed E-state index contributed by atoms with van der Waals surface area (Å²) < 4.78 is 0. The Kier molecular flexibility index (Phi) is 3.47. The highest BCUT2D eigenvalue weighted by Gasteiger charge is 2.45. The summed E-state index contributed by atoms with van der Waals surface area (Å²) in [7, 11) is 0. The van der Waals surface area contributed by atoms with Gasteiger partial charge in [0, 0.05) is 0 Å². The van der Waals surface area contributed by atoms with E-state index < -0.39 is 0 Å². The van der Waals surface area contributed by atoms with E-state index in [0.717, 1.165) is 17.8 Å². The van der Waals surface area contributed by atoms with Crippen molar-refractivity contribution in [2.75, 3.05) is 0 Å². The Bertz CT molecular complexity index is 262. The summed E-state index contributed by atoms with van der Waals surface area (Å²) >= 11 is 0. The van der Waals surface area contributed by atoms with Crippen molar-refractivity contribution in [1.29, 1.82) is 0 Å². The number of aliphatic hydroxyl groups is 1. The standard InChI is InChI=1S/C16H28O/c1-2-12-5-3-4-6-14(12)16(17)15-10-11-7-8-13(15)9-11/h11-17H,2-10H2,1H3. The van der Waals surface area contributed by atoms with Crippen molar-refractivity contribution in [3.05, 3.63) is 0 Å². The van der Waals surface area contributed by atoms with E-state index in [4.69, 9.17) is 0 Å². The molecule has 3 rings (SSSR count). The number of rotatable bonds is 3. The van der Waals surface area contributed by atoms with E-state index in [9.17, 15) is 5.11 Å². The van der Waals surface area contributed by atoms with Gasteiger partial charge >= 0.3 is 0 Å². The Balaban J connectivity index is 1.66. The van der Waals surface area contributed by atoms with Gasteiger partial charge in [0.05, 0.1) is 6.10 Å². The minimum Gasteiger partial charge on any atom is -0.393 e. The number of fused-ring (bicyclic) bond motifs is 2. The van der Waals surface area contributed by atoms with Crippen LogP contribution in [0.1, 0.15) is 64.7 Å². The van der Waals surface area contributed by atoms with Crippen molar-refractivity contribution in [2.24, 2.45) is 29.6 Å². The quantitative estimate of drug-likeness (QED) is 0.785. The van der Waals surface area contributed by atoms with Crippen molar-refractivity contribution in [1.82, 2.24) is 0 Å². The minimum atomic E-state index is 0.0375. The molecule has 1 N–H and O–H groups in total. The van der Waals surface area contributed by atoms with E-state index in [1.54, 1.807) is 0 Å². The van der Waals surface area contributed by atoms with Gasteiger partial charge in [0.15, 0.2) is 0 Å².